The van der Waals surface area contributed by atoms with Crippen LogP contribution in [-0.2, 0) is 10.2 Å². The number of H-pyrrole nitrogens is 1. The summed E-state index contributed by atoms with van der Waals surface area (Å²) in [5.74, 6) is -0.507. The van der Waals surface area contributed by atoms with Crippen LogP contribution in [0.1, 0.15) is 43.7 Å². The molecule has 9 nitrogen and oxygen atoms in total. The summed E-state index contributed by atoms with van der Waals surface area (Å²) in [5.41, 5.74) is -0.565. The number of fused-ring (bicyclic) bond motifs is 1. The van der Waals surface area contributed by atoms with Crippen LogP contribution in [0.5, 0.6) is 0 Å². The first-order valence-electron chi connectivity index (χ1n) is 6.85. The Morgan fingerprint density at radius 1 is 1.41 bits per heavy atom. The topological polar surface area (TPSA) is 122 Å². The summed E-state index contributed by atoms with van der Waals surface area (Å²) < 4.78 is 6.08. The minimum Gasteiger partial charge on any atom is -0.462 e. The predicted molar refractivity (Wildman–Crippen MR) is 79.0 cm³/mol. The van der Waals surface area contributed by atoms with Gasteiger partial charge in [-0.1, -0.05) is 20.8 Å². The molecule has 2 aromatic rings. The van der Waals surface area contributed by atoms with Gasteiger partial charge in [0.2, 0.25) is 0 Å². The Morgan fingerprint density at radius 3 is 2.64 bits per heavy atom. The molecule has 0 spiro atoms. The number of esters is 1. The first-order chi connectivity index (χ1) is 10.3. The lowest BCUT2D eigenvalue weighted by Crippen LogP contribution is -2.30. The van der Waals surface area contributed by atoms with Crippen molar-refractivity contribution < 1.29 is 14.6 Å². The number of ether oxygens (including phenoxy) is 1. The number of hydrogen-bond acceptors (Lipinski definition) is 7. The first kappa shape index (κ1) is 16.0. The molecule has 0 atom stereocenters. The molecule has 0 saturated heterocycles. The van der Waals surface area contributed by atoms with E-state index in [2.05, 4.69) is 20.6 Å². The van der Waals surface area contributed by atoms with Gasteiger partial charge in [-0.25, -0.2) is 4.79 Å². The van der Waals surface area contributed by atoms with Crippen molar-refractivity contribution in [3.63, 3.8) is 0 Å². The fourth-order valence-electron chi connectivity index (χ4n) is 2.01. The van der Waals surface area contributed by atoms with E-state index in [1.165, 1.54) is 0 Å². The molecule has 0 aliphatic rings. The van der Waals surface area contributed by atoms with Crippen molar-refractivity contribution >= 4 is 17.4 Å². The molecule has 3 N–H and O–H groups in total. The summed E-state index contributed by atoms with van der Waals surface area (Å²) in [6.07, 6.45) is 0. The summed E-state index contributed by atoms with van der Waals surface area (Å²) in [6.45, 7) is 6.94. The normalized spacial score (nSPS) is 11.7. The van der Waals surface area contributed by atoms with Crippen molar-refractivity contribution in [2.45, 2.75) is 33.1 Å². The fraction of sp³-hybridized carbons (Fsp3) is 0.538. The molecular formula is C13H19N5O4. The first-order valence-corrected chi connectivity index (χ1v) is 6.85. The van der Waals surface area contributed by atoms with Crippen molar-refractivity contribution in [3.8, 4) is 0 Å². The standard InChI is InChI=1S/C13H19N5O4/c1-5-22-12(21)7-9(14-6-19)17-18-10(7)16-15-8(11(18)20)13(2,3)4/h14,17,19H,5-6H2,1-4H3. The smallest absolute Gasteiger partial charge is 0.345 e. The molecule has 22 heavy (non-hydrogen) atoms. The Morgan fingerprint density at radius 2 is 2.09 bits per heavy atom. The molecule has 2 rings (SSSR count). The summed E-state index contributed by atoms with van der Waals surface area (Å²) in [4.78, 5) is 24.6. The van der Waals surface area contributed by atoms with E-state index in [-0.39, 0.29) is 29.3 Å². The maximum absolute atomic E-state index is 12.5. The quantitative estimate of drug-likeness (QED) is 0.546. The van der Waals surface area contributed by atoms with Gasteiger partial charge < -0.3 is 15.2 Å². The molecule has 120 valence electrons. The highest BCUT2D eigenvalue weighted by Crippen LogP contribution is 2.21. The van der Waals surface area contributed by atoms with Crippen molar-refractivity contribution in [1.82, 2.24) is 19.8 Å². The van der Waals surface area contributed by atoms with Crippen LogP contribution in [0, 0.1) is 0 Å². The molecule has 0 saturated carbocycles. The van der Waals surface area contributed by atoms with Gasteiger partial charge in [0.1, 0.15) is 23.8 Å². The van der Waals surface area contributed by atoms with E-state index < -0.39 is 23.7 Å². The molecule has 2 aromatic heterocycles. The zero-order valence-corrected chi connectivity index (χ0v) is 12.9. The van der Waals surface area contributed by atoms with Gasteiger partial charge in [-0.3, -0.25) is 9.89 Å². The Kier molecular flexibility index (Phi) is 4.18. The number of aliphatic hydroxyl groups is 1. The van der Waals surface area contributed by atoms with Crippen LogP contribution < -0.4 is 10.9 Å². The third-order valence-electron chi connectivity index (χ3n) is 3.01. The lowest BCUT2D eigenvalue weighted by molar-refractivity contribution is 0.0529. The summed E-state index contributed by atoms with van der Waals surface area (Å²) in [7, 11) is 0. The predicted octanol–water partition coefficient (Wildman–Crippen LogP) is 0.253. The number of carbonyl (C=O) groups excluding carboxylic acids is 1. The molecular weight excluding hydrogens is 290 g/mol. The van der Waals surface area contributed by atoms with Gasteiger partial charge in [0, 0.05) is 5.41 Å². The van der Waals surface area contributed by atoms with Crippen LogP contribution >= 0.6 is 0 Å². The Hall–Kier alpha value is -2.42. The van der Waals surface area contributed by atoms with Crippen molar-refractivity contribution in [3.05, 3.63) is 21.6 Å². The summed E-state index contributed by atoms with van der Waals surface area (Å²) in [6, 6.07) is 0. The Labute approximate surface area is 126 Å². The SMILES string of the molecule is CCOC(=O)c1c(NCO)[nH]n2c(=O)c(C(C)(C)C)nnc12. The molecule has 0 amide bonds. The summed E-state index contributed by atoms with van der Waals surface area (Å²) >= 11 is 0. The van der Waals surface area contributed by atoms with E-state index >= 15 is 0 Å². The average Bonchev–Trinajstić information content (AvgIpc) is 2.77. The highest BCUT2D eigenvalue weighted by atomic mass is 16.5. The molecule has 0 aliphatic carbocycles. The van der Waals surface area contributed by atoms with Crippen LogP contribution in [-0.4, -0.2) is 44.2 Å². The molecule has 0 unspecified atom stereocenters. The van der Waals surface area contributed by atoms with Gasteiger partial charge in [0.15, 0.2) is 5.65 Å². The van der Waals surface area contributed by atoms with Crippen LogP contribution in [0.25, 0.3) is 5.65 Å². The second-order valence-corrected chi connectivity index (χ2v) is 5.68. The second-order valence-electron chi connectivity index (χ2n) is 5.68. The number of carbonyl (C=O) groups is 1. The zero-order valence-electron chi connectivity index (χ0n) is 12.9. The number of aromatic amines is 1. The minimum absolute atomic E-state index is 0.0287. The monoisotopic (exact) mass is 309 g/mol. The molecule has 0 radical (unpaired) electrons. The maximum atomic E-state index is 12.5. The number of rotatable bonds is 4. The van der Waals surface area contributed by atoms with Gasteiger partial charge in [-0.05, 0) is 6.92 Å². The van der Waals surface area contributed by atoms with Crippen molar-refractivity contribution in [1.29, 1.82) is 0 Å². The summed E-state index contributed by atoms with van der Waals surface area (Å²) in [5, 5.41) is 22.2. The molecule has 2 heterocycles. The fourth-order valence-corrected chi connectivity index (χ4v) is 2.01. The number of nitrogens with one attached hydrogen (secondary N) is 2. The number of hydrogen-bond donors (Lipinski definition) is 3. The lowest BCUT2D eigenvalue weighted by atomic mass is 9.93. The highest BCUT2D eigenvalue weighted by Gasteiger charge is 2.27. The Balaban J connectivity index is 2.74. The molecule has 0 fully saturated rings. The van der Waals surface area contributed by atoms with Gasteiger partial charge in [0.25, 0.3) is 5.56 Å². The van der Waals surface area contributed by atoms with Crippen LogP contribution in [0.2, 0.25) is 0 Å². The number of aromatic nitrogens is 4. The largest absolute Gasteiger partial charge is 0.462 e. The van der Waals surface area contributed by atoms with Crippen molar-refractivity contribution in [2.75, 3.05) is 18.7 Å². The third kappa shape index (κ3) is 2.67. The average molecular weight is 309 g/mol. The lowest BCUT2D eigenvalue weighted by Gasteiger charge is -2.15. The van der Waals surface area contributed by atoms with E-state index in [1.54, 1.807) is 6.92 Å². The van der Waals surface area contributed by atoms with Crippen molar-refractivity contribution in [2.24, 2.45) is 0 Å². The van der Waals surface area contributed by atoms with Gasteiger partial charge in [0.05, 0.1) is 6.61 Å². The molecule has 0 bridgehead atoms. The molecule has 0 aliphatic heterocycles. The number of anilines is 1. The van der Waals surface area contributed by atoms with E-state index in [0.29, 0.717) is 0 Å². The number of aliphatic hydroxyl groups excluding tert-OH is 1. The van der Waals surface area contributed by atoms with Crippen LogP contribution in [0.4, 0.5) is 5.82 Å². The third-order valence-corrected chi connectivity index (χ3v) is 3.01. The second kappa shape index (κ2) is 5.76. The van der Waals surface area contributed by atoms with E-state index in [4.69, 9.17) is 9.84 Å². The zero-order chi connectivity index (χ0) is 16.5. The van der Waals surface area contributed by atoms with Crippen LogP contribution in [0.15, 0.2) is 4.79 Å². The van der Waals surface area contributed by atoms with Gasteiger partial charge in [-0.2, -0.15) is 4.52 Å². The Bertz CT molecular complexity index is 756. The van der Waals surface area contributed by atoms with E-state index in [9.17, 15) is 9.59 Å². The van der Waals surface area contributed by atoms with Crippen LogP contribution in [0.3, 0.4) is 0 Å². The number of nitrogens with zero attached hydrogens (tertiary/aromatic N) is 3. The maximum Gasteiger partial charge on any atom is 0.345 e. The highest BCUT2D eigenvalue weighted by molar-refractivity contribution is 6.01. The molecule has 9 heteroatoms. The van der Waals surface area contributed by atoms with E-state index in [0.717, 1.165) is 4.52 Å². The van der Waals surface area contributed by atoms with Gasteiger partial charge >= 0.3 is 5.97 Å². The minimum atomic E-state index is -0.658. The van der Waals surface area contributed by atoms with Gasteiger partial charge in [-0.15, -0.1) is 10.2 Å². The molecule has 0 aromatic carbocycles. The van der Waals surface area contributed by atoms with E-state index in [1.807, 2.05) is 20.8 Å².